The molecule has 1 aliphatic heterocycles. The van der Waals surface area contributed by atoms with Crippen LogP contribution in [0.3, 0.4) is 0 Å². The number of likely N-dealkylation sites (tertiary alicyclic amines) is 1. The Labute approximate surface area is 140 Å². The van der Waals surface area contributed by atoms with Crippen LogP contribution in [0.2, 0.25) is 0 Å². The van der Waals surface area contributed by atoms with Crippen molar-refractivity contribution in [2.45, 2.75) is 25.8 Å². The lowest BCUT2D eigenvalue weighted by atomic mass is 10.1. The SMILES string of the molecule is O=C(NCc1ccncc1)c1nccnc1C(=O)N1CCCCC1. The van der Waals surface area contributed by atoms with Crippen molar-refractivity contribution in [2.75, 3.05) is 13.1 Å². The molecule has 0 bridgehead atoms. The highest BCUT2D eigenvalue weighted by atomic mass is 16.2. The molecule has 7 heteroatoms. The molecular weight excluding hydrogens is 306 g/mol. The van der Waals surface area contributed by atoms with Gasteiger partial charge in [-0.25, -0.2) is 9.97 Å². The summed E-state index contributed by atoms with van der Waals surface area (Å²) in [6.07, 6.45) is 9.28. The Morgan fingerprint density at radius 1 is 0.958 bits per heavy atom. The van der Waals surface area contributed by atoms with Gasteiger partial charge in [0.1, 0.15) is 0 Å². The molecule has 24 heavy (non-hydrogen) atoms. The van der Waals surface area contributed by atoms with E-state index in [4.69, 9.17) is 0 Å². The maximum atomic E-state index is 12.6. The van der Waals surface area contributed by atoms with Crippen LogP contribution in [0.1, 0.15) is 45.8 Å². The third kappa shape index (κ3) is 3.73. The van der Waals surface area contributed by atoms with Gasteiger partial charge in [-0.15, -0.1) is 0 Å². The number of amides is 2. The standard InChI is InChI=1S/C17H19N5O2/c23-16(21-12-13-4-6-18-7-5-13)14-15(20-9-8-19-14)17(24)22-10-2-1-3-11-22/h4-9H,1-3,10-12H2,(H,21,23). The van der Waals surface area contributed by atoms with Gasteiger partial charge in [0.2, 0.25) is 0 Å². The van der Waals surface area contributed by atoms with Gasteiger partial charge in [-0.1, -0.05) is 0 Å². The number of hydrogen-bond donors (Lipinski definition) is 1. The molecule has 2 aromatic rings. The van der Waals surface area contributed by atoms with E-state index in [0.717, 1.165) is 24.8 Å². The number of nitrogens with one attached hydrogen (secondary N) is 1. The zero-order valence-electron chi connectivity index (χ0n) is 13.3. The second-order valence-corrected chi connectivity index (χ2v) is 5.64. The minimum absolute atomic E-state index is 0.0714. The normalized spacial score (nSPS) is 14.2. The summed E-state index contributed by atoms with van der Waals surface area (Å²) in [5.41, 5.74) is 1.11. The molecule has 0 aliphatic carbocycles. The molecule has 7 nitrogen and oxygen atoms in total. The number of hydrogen-bond acceptors (Lipinski definition) is 5. The van der Waals surface area contributed by atoms with E-state index in [1.165, 1.54) is 12.4 Å². The zero-order chi connectivity index (χ0) is 16.8. The summed E-state index contributed by atoms with van der Waals surface area (Å²) >= 11 is 0. The van der Waals surface area contributed by atoms with Crippen molar-refractivity contribution >= 4 is 11.8 Å². The third-order valence-electron chi connectivity index (χ3n) is 3.96. The van der Waals surface area contributed by atoms with E-state index >= 15 is 0 Å². The molecule has 1 N–H and O–H groups in total. The van der Waals surface area contributed by atoms with Crippen molar-refractivity contribution in [3.8, 4) is 0 Å². The van der Waals surface area contributed by atoms with E-state index in [9.17, 15) is 9.59 Å². The zero-order valence-corrected chi connectivity index (χ0v) is 13.3. The van der Waals surface area contributed by atoms with Gasteiger partial charge in [-0.05, 0) is 37.0 Å². The quantitative estimate of drug-likeness (QED) is 0.918. The van der Waals surface area contributed by atoms with Crippen molar-refractivity contribution in [2.24, 2.45) is 0 Å². The van der Waals surface area contributed by atoms with Crippen molar-refractivity contribution < 1.29 is 9.59 Å². The Morgan fingerprint density at radius 2 is 1.62 bits per heavy atom. The minimum atomic E-state index is -0.403. The average molecular weight is 325 g/mol. The van der Waals surface area contributed by atoms with E-state index in [1.54, 1.807) is 17.3 Å². The molecule has 0 unspecified atom stereocenters. The molecule has 1 aliphatic rings. The molecule has 124 valence electrons. The largest absolute Gasteiger partial charge is 0.347 e. The van der Waals surface area contributed by atoms with Crippen LogP contribution >= 0.6 is 0 Å². The van der Waals surface area contributed by atoms with Crippen LogP contribution in [-0.4, -0.2) is 44.8 Å². The Kier molecular flexibility index (Phi) is 5.10. The molecule has 1 saturated heterocycles. The third-order valence-corrected chi connectivity index (χ3v) is 3.96. The van der Waals surface area contributed by atoms with Gasteiger partial charge >= 0.3 is 0 Å². The van der Waals surface area contributed by atoms with E-state index in [1.807, 2.05) is 12.1 Å². The van der Waals surface area contributed by atoms with E-state index in [-0.39, 0.29) is 17.3 Å². The fourth-order valence-electron chi connectivity index (χ4n) is 2.67. The van der Waals surface area contributed by atoms with Crippen LogP contribution < -0.4 is 5.32 Å². The Morgan fingerprint density at radius 3 is 2.33 bits per heavy atom. The predicted octanol–water partition coefficient (Wildman–Crippen LogP) is 1.43. The van der Waals surface area contributed by atoms with Crippen LogP contribution in [0, 0.1) is 0 Å². The van der Waals surface area contributed by atoms with Gasteiger partial charge in [0, 0.05) is 44.4 Å². The van der Waals surface area contributed by atoms with Gasteiger partial charge in [-0.3, -0.25) is 14.6 Å². The van der Waals surface area contributed by atoms with Crippen LogP contribution in [0.25, 0.3) is 0 Å². The van der Waals surface area contributed by atoms with Gasteiger partial charge in [0.15, 0.2) is 11.4 Å². The second kappa shape index (κ2) is 7.63. The highest BCUT2D eigenvalue weighted by Gasteiger charge is 2.25. The number of carbonyl (C=O) groups is 2. The van der Waals surface area contributed by atoms with Crippen molar-refractivity contribution in [3.63, 3.8) is 0 Å². The molecule has 2 amide bonds. The van der Waals surface area contributed by atoms with Gasteiger partial charge in [0.05, 0.1) is 0 Å². The Hall–Kier alpha value is -2.83. The van der Waals surface area contributed by atoms with Crippen LogP contribution in [-0.2, 0) is 6.54 Å². The maximum Gasteiger partial charge on any atom is 0.274 e. The molecule has 0 atom stereocenters. The minimum Gasteiger partial charge on any atom is -0.347 e. The summed E-state index contributed by atoms with van der Waals surface area (Å²) in [7, 11) is 0. The number of aromatic nitrogens is 3. The molecule has 0 spiro atoms. The smallest absolute Gasteiger partial charge is 0.274 e. The summed E-state index contributed by atoms with van der Waals surface area (Å²) in [4.78, 5) is 38.9. The van der Waals surface area contributed by atoms with Gasteiger partial charge < -0.3 is 10.2 Å². The van der Waals surface area contributed by atoms with E-state index in [2.05, 4.69) is 20.3 Å². The lowest BCUT2D eigenvalue weighted by molar-refractivity contribution is 0.0711. The van der Waals surface area contributed by atoms with Gasteiger partial charge in [-0.2, -0.15) is 0 Å². The van der Waals surface area contributed by atoms with Crippen molar-refractivity contribution in [3.05, 3.63) is 53.9 Å². The first-order chi connectivity index (χ1) is 11.8. The molecule has 3 heterocycles. The number of carbonyl (C=O) groups excluding carboxylic acids is 2. The maximum absolute atomic E-state index is 12.6. The summed E-state index contributed by atoms with van der Waals surface area (Å²) in [6.45, 7) is 1.75. The van der Waals surface area contributed by atoms with Crippen LogP contribution in [0.5, 0.6) is 0 Å². The van der Waals surface area contributed by atoms with E-state index < -0.39 is 5.91 Å². The molecule has 0 aromatic carbocycles. The first-order valence-corrected chi connectivity index (χ1v) is 8.03. The number of pyridine rings is 1. The van der Waals surface area contributed by atoms with Crippen molar-refractivity contribution in [1.82, 2.24) is 25.2 Å². The number of rotatable bonds is 4. The fraction of sp³-hybridized carbons (Fsp3) is 0.353. The molecule has 1 fully saturated rings. The second-order valence-electron chi connectivity index (χ2n) is 5.64. The highest BCUT2D eigenvalue weighted by Crippen LogP contribution is 2.13. The number of nitrogens with zero attached hydrogens (tertiary/aromatic N) is 4. The summed E-state index contributed by atoms with van der Waals surface area (Å²) in [5, 5.41) is 2.77. The Balaban J connectivity index is 1.73. The first-order valence-electron chi connectivity index (χ1n) is 8.03. The molecule has 2 aromatic heterocycles. The average Bonchev–Trinajstić information content (AvgIpc) is 2.67. The molecule has 0 radical (unpaired) electrons. The predicted molar refractivity (Wildman–Crippen MR) is 87.2 cm³/mol. The Bertz CT molecular complexity index is 714. The first kappa shape index (κ1) is 16.0. The molecule has 3 rings (SSSR count). The van der Waals surface area contributed by atoms with Gasteiger partial charge in [0.25, 0.3) is 11.8 Å². The molecule has 0 saturated carbocycles. The van der Waals surface area contributed by atoms with Crippen LogP contribution in [0.15, 0.2) is 36.9 Å². The summed E-state index contributed by atoms with van der Waals surface area (Å²) < 4.78 is 0. The van der Waals surface area contributed by atoms with Crippen LogP contribution in [0.4, 0.5) is 0 Å². The number of piperidine rings is 1. The van der Waals surface area contributed by atoms with E-state index in [0.29, 0.717) is 19.6 Å². The monoisotopic (exact) mass is 325 g/mol. The van der Waals surface area contributed by atoms with Crippen molar-refractivity contribution in [1.29, 1.82) is 0 Å². The molecular formula is C17H19N5O2. The fourth-order valence-corrected chi connectivity index (χ4v) is 2.67. The summed E-state index contributed by atoms with van der Waals surface area (Å²) in [5.74, 6) is -0.628. The summed E-state index contributed by atoms with van der Waals surface area (Å²) in [6, 6.07) is 3.63. The topological polar surface area (TPSA) is 88.1 Å². The highest BCUT2D eigenvalue weighted by molar-refractivity contribution is 6.04. The lowest BCUT2D eigenvalue weighted by Crippen LogP contribution is -2.38. The lowest BCUT2D eigenvalue weighted by Gasteiger charge is -2.26.